The molecule has 1 saturated carbocycles. The molecule has 0 radical (unpaired) electrons. The van der Waals surface area contributed by atoms with E-state index in [0.717, 1.165) is 55.4 Å². The standard InChI is InChI=1S/C21H33N5O4S2/c1-25(21-19-9-10-22-20(19)23-15-24-21)18-7-5-16(6-8-18)14-32(29,30)26-11-3-4-17(12-26)13-31(2,27)28/h9-10,15-18H,3-8,11-14H2,1-2H3,(H,22,23,24)/t16-,17?,18-. The van der Waals surface area contributed by atoms with Gasteiger partial charge in [-0.25, -0.2) is 31.1 Å². The number of sulfone groups is 1. The number of piperidine rings is 1. The molecule has 1 aliphatic heterocycles. The predicted molar refractivity (Wildman–Crippen MR) is 126 cm³/mol. The van der Waals surface area contributed by atoms with Crippen LogP contribution in [0.4, 0.5) is 5.82 Å². The molecule has 2 aromatic heterocycles. The van der Waals surface area contributed by atoms with Crippen molar-refractivity contribution in [1.82, 2.24) is 19.3 Å². The largest absolute Gasteiger partial charge is 0.356 e. The van der Waals surface area contributed by atoms with Crippen molar-refractivity contribution in [2.75, 3.05) is 42.8 Å². The summed E-state index contributed by atoms with van der Waals surface area (Å²) in [5.41, 5.74) is 0.817. The SMILES string of the molecule is CN(c1ncnc2[nH]ccc12)[C@H]1CC[C@H](CS(=O)(=O)N2CCCC(CS(C)(=O)=O)C2)CC1. The molecular formula is C21H33N5O4S2. The van der Waals surface area contributed by atoms with Gasteiger partial charge in [0.1, 0.15) is 27.6 Å². The monoisotopic (exact) mass is 483 g/mol. The van der Waals surface area contributed by atoms with E-state index in [9.17, 15) is 16.8 Å². The number of nitrogens with zero attached hydrogens (tertiary/aromatic N) is 4. The first-order valence-corrected chi connectivity index (χ1v) is 15.0. The van der Waals surface area contributed by atoms with E-state index in [1.54, 1.807) is 6.33 Å². The Morgan fingerprint density at radius 1 is 1.06 bits per heavy atom. The van der Waals surface area contributed by atoms with Crippen molar-refractivity contribution in [2.24, 2.45) is 11.8 Å². The van der Waals surface area contributed by atoms with E-state index < -0.39 is 19.9 Å². The Kier molecular flexibility index (Phi) is 6.78. The highest BCUT2D eigenvalue weighted by Crippen LogP contribution is 2.33. The molecule has 2 aromatic rings. The van der Waals surface area contributed by atoms with Crippen molar-refractivity contribution in [3.05, 3.63) is 18.6 Å². The summed E-state index contributed by atoms with van der Waals surface area (Å²) >= 11 is 0. The van der Waals surface area contributed by atoms with E-state index in [-0.39, 0.29) is 23.3 Å². The summed E-state index contributed by atoms with van der Waals surface area (Å²) in [6, 6.07) is 2.30. The second-order valence-corrected chi connectivity index (χ2v) is 13.7. The van der Waals surface area contributed by atoms with Gasteiger partial charge in [0.2, 0.25) is 10.0 Å². The fraction of sp³-hybridized carbons (Fsp3) is 0.714. The van der Waals surface area contributed by atoms with Crippen molar-refractivity contribution in [3.63, 3.8) is 0 Å². The number of hydrogen-bond donors (Lipinski definition) is 1. The molecule has 178 valence electrons. The van der Waals surface area contributed by atoms with Crippen LogP contribution in [-0.2, 0) is 19.9 Å². The Labute approximate surface area is 190 Å². The molecule has 1 saturated heterocycles. The Hall–Kier alpha value is -1.72. The van der Waals surface area contributed by atoms with Gasteiger partial charge in [-0.15, -0.1) is 0 Å². The van der Waals surface area contributed by atoms with Gasteiger partial charge in [0.25, 0.3) is 0 Å². The third-order valence-corrected chi connectivity index (χ3v) is 9.98. The van der Waals surface area contributed by atoms with Crippen molar-refractivity contribution in [1.29, 1.82) is 0 Å². The highest BCUT2D eigenvalue weighted by atomic mass is 32.2. The predicted octanol–water partition coefficient (Wildman–Crippen LogP) is 2.04. The average Bonchev–Trinajstić information content (AvgIpc) is 3.21. The van der Waals surface area contributed by atoms with Gasteiger partial charge in [0.15, 0.2) is 0 Å². The minimum Gasteiger partial charge on any atom is -0.356 e. The fourth-order valence-electron chi connectivity index (χ4n) is 5.26. The molecule has 1 aliphatic carbocycles. The van der Waals surface area contributed by atoms with Crippen molar-refractivity contribution in [3.8, 4) is 0 Å². The lowest BCUT2D eigenvalue weighted by molar-refractivity contribution is 0.276. The van der Waals surface area contributed by atoms with Gasteiger partial charge in [-0.2, -0.15) is 0 Å². The fourth-order valence-corrected chi connectivity index (χ4v) is 8.37. The van der Waals surface area contributed by atoms with Gasteiger partial charge >= 0.3 is 0 Å². The molecule has 0 bridgehead atoms. The van der Waals surface area contributed by atoms with E-state index in [0.29, 0.717) is 19.1 Å². The Morgan fingerprint density at radius 3 is 2.53 bits per heavy atom. The van der Waals surface area contributed by atoms with Gasteiger partial charge in [-0.05, 0) is 56.4 Å². The van der Waals surface area contributed by atoms with Crippen LogP contribution in [0.2, 0.25) is 0 Å². The summed E-state index contributed by atoms with van der Waals surface area (Å²) in [6.07, 6.45) is 9.70. The molecular weight excluding hydrogens is 450 g/mol. The second kappa shape index (κ2) is 9.26. The smallest absolute Gasteiger partial charge is 0.214 e. The van der Waals surface area contributed by atoms with Crippen LogP contribution in [-0.4, -0.2) is 80.0 Å². The van der Waals surface area contributed by atoms with Crippen LogP contribution in [0.25, 0.3) is 11.0 Å². The maximum atomic E-state index is 13.1. The summed E-state index contributed by atoms with van der Waals surface area (Å²) in [5, 5.41) is 0.994. The zero-order chi connectivity index (χ0) is 22.9. The number of sulfonamides is 1. The molecule has 2 aliphatic rings. The second-order valence-electron chi connectivity index (χ2n) is 9.46. The maximum Gasteiger partial charge on any atom is 0.214 e. The number of aromatic amines is 1. The van der Waals surface area contributed by atoms with Crippen LogP contribution < -0.4 is 4.90 Å². The third-order valence-electron chi connectivity index (χ3n) is 6.89. The number of nitrogens with one attached hydrogen (secondary N) is 1. The normalized spacial score (nSPS) is 25.8. The molecule has 0 aromatic carbocycles. The molecule has 32 heavy (non-hydrogen) atoms. The van der Waals surface area contributed by atoms with E-state index >= 15 is 0 Å². The van der Waals surface area contributed by atoms with E-state index in [2.05, 4.69) is 19.9 Å². The molecule has 1 atom stereocenters. The molecule has 4 rings (SSSR count). The molecule has 2 fully saturated rings. The lowest BCUT2D eigenvalue weighted by Gasteiger charge is -2.37. The summed E-state index contributed by atoms with van der Waals surface area (Å²) in [5.74, 6) is 1.16. The topological polar surface area (TPSA) is 116 Å². The van der Waals surface area contributed by atoms with E-state index in [4.69, 9.17) is 0 Å². The van der Waals surface area contributed by atoms with Gasteiger partial charge < -0.3 is 9.88 Å². The highest BCUT2D eigenvalue weighted by Gasteiger charge is 2.34. The molecule has 3 heterocycles. The first-order chi connectivity index (χ1) is 15.1. The Bertz CT molecular complexity index is 1140. The van der Waals surface area contributed by atoms with Crippen molar-refractivity contribution < 1.29 is 16.8 Å². The molecule has 11 heteroatoms. The highest BCUT2D eigenvalue weighted by molar-refractivity contribution is 7.90. The lowest BCUT2D eigenvalue weighted by Crippen LogP contribution is -2.44. The third kappa shape index (κ3) is 5.43. The van der Waals surface area contributed by atoms with Gasteiger partial charge in [-0.1, -0.05) is 0 Å². The molecule has 1 N–H and O–H groups in total. The zero-order valence-electron chi connectivity index (χ0n) is 18.8. The minimum absolute atomic E-state index is 0.0634. The van der Waals surface area contributed by atoms with Gasteiger partial charge in [-0.3, -0.25) is 0 Å². The van der Waals surface area contributed by atoms with Crippen LogP contribution in [0.1, 0.15) is 38.5 Å². The molecule has 0 amide bonds. The summed E-state index contributed by atoms with van der Waals surface area (Å²) in [7, 11) is -4.44. The summed E-state index contributed by atoms with van der Waals surface area (Å²) in [6.45, 7) is 0.828. The number of anilines is 1. The van der Waals surface area contributed by atoms with Crippen LogP contribution in [0.3, 0.4) is 0 Å². The average molecular weight is 484 g/mol. The summed E-state index contributed by atoms with van der Waals surface area (Å²) < 4.78 is 50.9. The van der Waals surface area contributed by atoms with Crippen LogP contribution in [0, 0.1) is 11.8 Å². The Balaban J connectivity index is 1.33. The van der Waals surface area contributed by atoms with Crippen LogP contribution in [0.15, 0.2) is 18.6 Å². The maximum absolute atomic E-state index is 13.1. The quantitative estimate of drug-likeness (QED) is 0.640. The number of fused-ring (bicyclic) bond motifs is 1. The van der Waals surface area contributed by atoms with Crippen molar-refractivity contribution in [2.45, 2.75) is 44.6 Å². The van der Waals surface area contributed by atoms with Gasteiger partial charge in [0, 0.05) is 38.6 Å². The van der Waals surface area contributed by atoms with E-state index in [1.165, 1.54) is 10.6 Å². The first kappa shape index (κ1) is 23.4. The molecule has 9 nitrogen and oxygen atoms in total. The van der Waals surface area contributed by atoms with Crippen molar-refractivity contribution >= 4 is 36.7 Å². The lowest BCUT2D eigenvalue weighted by atomic mass is 9.86. The van der Waals surface area contributed by atoms with Gasteiger partial charge in [0.05, 0.1) is 16.9 Å². The number of H-pyrrole nitrogens is 1. The van der Waals surface area contributed by atoms with Crippen LogP contribution in [0.5, 0.6) is 0 Å². The summed E-state index contributed by atoms with van der Waals surface area (Å²) in [4.78, 5) is 14.0. The zero-order valence-corrected chi connectivity index (χ0v) is 20.4. The Morgan fingerprint density at radius 2 is 1.81 bits per heavy atom. The number of aromatic nitrogens is 3. The first-order valence-electron chi connectivity index (χ1n) is 11.3. The number of hydrogen-bond acceptors (Lipinski definition) is 7. The van der Waals surface area contributed by atoms with E-state index in [1.807, 2.05) is 19.3 Å². The number of rotatable bonds is 7. The molecule has 0 spiro atoms. The minimum atomic E-state index is -3.38. The van der Waals surface area contributed by atoms with Crippen LogP contribution >= 0.6 is 0 Å². The molecule has 1 unspecified atom stereocenters.